The number of carbonyl (C=O) groups is 1. The highest BCUT2D eigenvalue weighted by molar-refractivity contribution is 5.89. The van der Waals surface area contributed by atoms with Crippen LogP contribution in [0.5, 0.6) is 5.75 Å². The lowest BCUT2D eigenvalue weighted by atomic mass is 9.93. The number of amides is 2. The maximum absolute atomic E-state index is 13.0. The van der Waals surface area contributed by atoms with Gasteiger partial charge >= 0.3 is 6.03 Å². The van der Waals surface area contributed by atoms with Gasteiger partial charge in [-0.15, -0.1) is 0 Å². The number of hydrogen-bond donors (Lipinski definition) is 2. The van der Waals surface area contributed by atoms with E-state index < -0.39 is 4.92 Å². The van der Waals surface area contributed by atoms with E-state index in [0.717, 1.165) is 5.56 Å². The number of benzene rings is 2. The van der Waals surface area contributed by atoms with E-state index in [2.05, 4.69) is 5.32 Å². The Bertz CT molecular complexity index is 883. The molecule has 0 aliphatic carbocycles. The van der Waals surface area contributed by atoms with E-state index >= 15 is 0 Å². The van der Waals surface area contributed by atoms with Crippen molar-refractivity contribution in [1.82, 2.24) is 4.90 Å². The number of carbonyl (C=O) groups excluding carboxylic acids is 1. The molecule has 0 aliphatic rings. The van der Waals surface area contributed by atoms with E-state index in [1.807, 2.05) is 38.1 Å². The van der Waals surface area contributed by atoms with Crippen LogP contribution in [0.25, 0.3) is 0 Å². The van der Waals surface area contributed by atoms with Crippen LogP contribution >= 0.6 is 0 Å². The van der Waals surface area contributed by atoms with Gasteiger partial charge in [0.2, 0.25) is 0 Å². The molecule has 0 radical (unpaired) electrons. The summed E-state index contributed by atoms with van der Waals surface area (Å²) in [5, 5.41) is 14.0. The van der Waals surface area contributed by atoms with Crippen LogP contribution in [0.2, 0.25) is 0 Å². The van der Waals surface area contributed by atoms with Crippen molar-refractivity contribution in [3.05, 3.63) is 63.7 Å². The van der Waals surface area contributed by atoms with Gasteiger partial charge in [-0.25, -0.2) is 4.79 Å². The number of nitrogens with one attached hydrogen (secondary N) is 1. The number of nitrogens with two attached hydrogens (primary N) is 1. The molecule has 3 N–H and O–H groups in total. The second-order valence-corrected chi connectivity index (χ2v) is 7.72. The molecule has 0 aliphatic heterocycles. The van der Waals surface area contributed by atoms with Crippen LogP contribution in [0.4, 0.5) is 16.2 Å². The molecule has 0 saturated carbocycles. The molecule has 0 bridgehead atoms. The first kappa shape index (κ1) is 22.2. The van der Waals surface area contributed by atoms with Gasteiger partial charge in [-0.1, -0.05) is 38.1 Å². The van der Waals surface area contributed by atoms with E-state index in [0.29, 0.717) is 36.6 Å². The standard InChI is InChI=1S/C21H28N4O4/c1-15-9-10-17(11-18(15)25(27)28)23-20(26)24(14-21(2,3)13-22)12-16-7-5-6-8-19(16)29-4/h5-11H,12-14,22H2,1-4H3,(H,23,26). The van der Waals surface area contributed by atoms with Gasteiger partial charge in [0, 0.05) is 29.4 Å². The fourth-order valence-corrected chi connectivity index (χ4v) is 2.91. The normalized spacial score (nSPS) is 11.1. The maximum Gasteiger partial charge on any atom is 0.322 e. The van der Waals surface area contributed by atoms with E-state index in [1.54, 1.807) is 31.1 Å². The summed E-state index contributed by atoms with van der Waals surface area (Å²) in [6.45, 7) is 6.73. The molecular formula is C21H28N4O4. The Morgan fingerprint density at radius 1 is 1.28 bits per heavy atom. The molecule has 0 saturated heterocycles. The van der Waals surface area contributed by atoms with E-state index in [1.165, 1.54) is 6.07 Å². The van der Waals surface area contributed by atoms with E-state index in [4.69, 9.17) is 10.5 Å². The Morgan fingerprint density at radius 2 is 1.97 bits per heavy atom. The van der Waals surface area contributed by atoms with Crippen LogP contribution in [0, 0.1) is 22.5 Å². The highest BCUT2D eigenvalue weighted by Gasteiger charge is 2.25. The molecule has 2 amide bonds. The van der Waals surface area contributed by atoms with Crippen LogP contribution in [0.3, 0.4) is 0 Å². The summed E-state index contributed by atoms with van der Waals surface area (Å²) in [6.07, 6.45) is 0. The van der Waals surface area contributed by atoms with Crippen molar-refractivity contribution in [2.45, 2.75) is 27.3 Å². The van der Waals surface area contributed by atoms with Gasteiger partial charge < -0.3 is 20.7 Å². The average molecular weight is 400 g/mol. The van der Waals surface area contributed by atoms with Crippen molar-refractivity contribution in [2.75, 3.05) is 25.5 Å². The quantitative estimate of drug-likeness (QED) is 0.515. The van der Waals surface area contributed by atoms with Gasteiger partial charge in [0.15, 0.2) is 0 Å². The average Bonchev–Trinajstić information content (AvgIpc) is 2.69. The lowest BCUT2D eigenvalue weighted by Crippen LogP contribution is -2.43. The third kappa shape index (κ3) is 5.92. The summed E-state index contributed by atoms with van der Waals surface area (Å²) < 4.78 is 5.40. The number of methoxy groups -OCH3 is 1. The Morgan fingerprint density at radius 3 is 2.59 bits per heavy atom. The Kier molecular flexibility index (Phi) is 7.17. The minimum Gasteiger partial charge on any atom is -0.496 e. The first-order chi connectivity index (χ1) is 13.7. The summed E-state index contributed by atoms with van der Waals surface area (Å²) in [4.78, 5) is 25.4. The number of ether oxygens (including phenoxy) is 1. The number of aryl methyl sites for hydroxylation is 1. The smallest absolute Gasteiger partial charge is 0.322 e. The minimum atomic E-state index is -0.463. The molecule has 8 heteroatoms. The first-order valence-electron chi connectivity index (χ1n) is 9.30. The van der Waals surface area contributed by atoms with Crippen LogP contribution in [0.1, 0.15) is 25.0 Å². The van der Waals surface area contributed by atoms with Gasteiger partial charge in [0.05, 0.1) is 18.6 Å². The summed E-state index contributed by atoms with van der Waals surface area (Å²) in [5.41, 5.74) is 7.27. The Balaban J connectivity index is 2.29. The first-order valence-corrected chi connectivity index (χ1v) is 9.30. The predicted octanol–water partition coefficient (Wildman–Crippen LogP) is 3.93. The van der Waals surface area contributed by atoms with Crippen LogP contribution in [-0.2, 0) is 6.54 Å². The lowest BCUT2D eigenvalue weighted by Gasteiger charge is -2.32. The topological polar surface area (TPSA) is 111 Å². The fraction of sp³-hybridized carbons (Fsp3) is 0.381. The number of urea groups is 1. The zero-order chi connectivity index (χ0) is 21.6. The maximum atomic E-state index is 13.0. The molecule has 0 atom stereocenters. The zero-order valence-electron chi connectivity index (χ0n) is 17.3. The minimum absolute atomic E-state index is 0.0404. The van der Waals surface area contributed by atoms with E-state index in [-0.39, 0.29) is 17.1 Å². The van der Waals surface area contributed by atoms with Crippen molar-refractivity contribution in [1.29, 1.82) is 0 Å². The third-order valence-electron chi connectivity index (χ3n) is 4.67. The number of nitro groups is 1. The molecule has 0 fully saturated rings. The number of rotatable bonds is 8. The molecule has 2 aromatic rings. The van der Waals surface area contributed by atoms with Crippen LogP contribution in [-0.4, -0.2) is 36.1 Å². The lowest BCUT2D eigenvalue weighted by molar-refractivity contribution is -0.385. The van der Waals surface area contributed by atoms with Crippen molar-refractivity contribution in [3.63, 3.8) is 0 Å². The SMILES string of the molecule is COc1ccccc1CN(CC(C)(C)CN)C(=O)Nc1ccc(C)c([N+](=O)[O-])c1. The predicted molar refractivity (Wildman–Crippen MR) is 113 cm³/mol. The second-order valence-electron chi connectivity index (χ2n) is 7.72. The molecule has 156 valence electrons. The van der Waals surface area contributed by atoms with Gasteiger partial charge in [-0.05, 0) is 31.0 Å². The number of nitrogens with zero attached hydrogens (tertiary/aromatic N) is 2. The summed E-state index contributed by atoms with van der Waals surface area (Å²) >= 11 is 0. The van der Waals surface area contributed by atoms with Gasteiger partial charge in [-0.3, -0.25) is 10.1 Å². The van der Waals surface area contributed by atoms with Crippen molar-refractivity contribution in [3.8, 4) is 5.75 Å². The zero-order valence-corrected chi connectivity index (χ0v) is 17.3. The highest BCUT2D eigenvalue weighted by Crippen LogP contribution is 2.25. The van der Waals surface area contributed by atoms with Gasteiger partial charge in [-0.2, -0.15) is 0 Å². The van der Waals surface area contributed by atoms with Crippen molar-refractivity contribution in [2.24, 2.45) is 11.1 Å². The van der Waals surface area contributed by atoms with Crippen LogP contribution in [0.15, 0.2) is 42.5 Å². The molecular weight excluding hydrogens is 372 g/mol. The molecule has 2 rings (SSSR count). The number of nitro benzene ring substituents is 1. The molecule has 2 aromatic carbocycles. The second kappa shape index (κ2) is 9.38. The molecule has 0 heterocycles. The molecule has 0 aromatic heterocycles. The van der Waals surface area contributed by atoms with Gasteiger partial charge in [0.25, 0.3) is 5.69 Å². The highest BCUT2D eigenvalue weighted by atomic mass is 16.6. The summed E-state index contributed by atoms with van der Waals surface area (Å²) in [7, 11) is 1.58. The molecule has 8 nitrogen and oxygen atoms in total. The van der Waals surface area contributed by atoms with Crippen molar-refractivity contribution < 1.29 is 14.5 Å². The number of hydrogen-bond acceptors (Lipinski definition) is 5. The molecule has 29 heavy (non-hydrogen) atoms. The third-order valence-corrected chi connectivity index (χ3v) is 4.67. The molecule has 0 spiro atoms. The summed E-state index contributed by atoms with van der Waals surface area (Å²) in [6, 6.07) is 11.7. The Labute approximate surface area is 170 Å². The van der Waals surface area contributed by atoms with Crippen molar-refractivity contribution >= 4 is 17.4 Å². The van der Waals surface area contributed by atoms with E-state index in [9.17, 15) is 14.9 Å². The number of para-hydroxylation sites is 1. The fourth-order valence-electron chi connectivity index (χ4n) is 2.91. The largest absolute Gasteiger partial charge is 0.496 e. The summed E-state index contributed by atoms with van der Waals surface area (Å²) in [5.74, 6) is 0.682. The van der Waals surface area contributed by atoms with Gasteiger partial charge in [0.1, 0.15) is 5.75 Å². The molecule has 0 unspecified atom stereocenters. The van der Waals surface area contributed by atoms with Crippen LogP contribution < -0.4 is 15.8 Å². The number of anilines is 1. The monoisotopic (exact) mass is 400 g/mol. The Hall–Kier alpha value is -3.13.